The number of aromatic carboxylic acids is 1. The molecule has 2 N–H and O–H groups in total. The Morgan fingerprint density at radius 1 is 1.38 bits per heavy atom. The Kier molecular flexibility index (Phi) is 4.75. The highest BCUT2D eigenvalue weighted by molar-refractivity contribution is 6.03. The first kappa shape index (κ1) is 15.3. The fourth-order valence-corrected chi connectivity index (χ4v) is 2.20. The number of carboxylic acids is 1. The molecule has 1 aromatic heterocycles. The van der Waals surface area contributed by atoms with Gasteiger partial charge < -0.3 is 15.2 Å². The zero-order valence-electron chi connectivity index (χ0n) is 12.5. The highest BCUT2D eigenvalue weighted by Gasteiger charge is 2.16. The monoisotopic (exact) mass is 288 g/mol. The molecule has 2 aromatic rings. The number of carbonyl (C=O) groups is 1. The van der Waals surface area contributed by atoms with Crippen LogP contribution in [0.2, 0.25) is 0 Å². The van der Waals surface area contributed by atoms with Gasteiger partial charge in [0.1, 0.15) is 5.82 Å². The van der Waals surface area contributed by atoms with Crippen LogP contribution in [0.3, 0.4) is 0 Å². The number of methoxy groups -OCH3 is 1. The van der Waals surface area contributed by atoms with Gasteiger partial charge >= 0.3 is 5.97 Å². The Labute approximate surface area is 124 Å². The Morgan fingerprint density at radius 3 is 2.71 bits per heavy atom. The first-order valence-corrected chi connectivity index (χ1v) is 6.91. The highest BCUT2D eigenvalue weighted by Crippen LogP contribution is 2.22. The van der Waals surface area contributed by atoms with E-state index in [1.54, 1.807) is 19.2 Å². The largest absolute Gasteiger partial charge is 0.478 e. The summed E-state index contributed by atoms with van der Waals surface area (Å²) < 4.78 is 5.20. The zero-order chi connectivity index (χ0) is 15.4. The lowest BCUT2D eigenvalue weighted by Crippen LogP contribution is -2.30. The van der Waals surface area contributed by atoms with Gasteiger partial charge in [0, 0.05) is 12.5 Å². The van der Waals surface area contributed by atoms with Gasteiger partial charge in [0.15, 0.2) is 0 Å². The SMILES string of the molecule is COCC(Nc1cc(C(=O)O)c2ccccc2n1)C(C)C. The lowest BCUT2D eigenvalue weighted by atomic mass is 10.0. The second kappa shape index (κ2) is 6.54. The number of fused-ring (bicyclic) bond motifs is 1. The number of pyridine rings is 1. The van der Waals surface area contributed by atoms with Crippen LogP contribution in [0, 0.1) is 5.92 Å². The van der Waals surface area contributed by atoms with Crippen LogP contribution in [0.5, 0.6) is 0 Å². The van der Waals surface area contributed by atoms with Crippen LogP contribution < -0.4 is 5.32 Å². The molecule has 2 rings (SSSR count). The molecule has 0 radical (unpaired) electrons. The van der Waals surface area contributed by atoms with Gasteiger partial charge in [0.05, 0.1) is 23.7 Å². The molecular formula is C16H20N2O3. The molecule has 112 valence electrons. The fraction of sp³-hybridized carbons (Fsp3) is 0.375. The maximum Gasteiger partial charge on any atom is 0.336 e. The summed E-state index contributed by atoms with van der Waals surface area (Å²) in [5.41, 5.74) is 0.919. The fourth-order valence-electron chi connectivity index (χ4n) is 2.20. The van der Waals surface area contributed by atoms with Crippen molar-refractivity contribution < 1.29 is 14.6 Å². The second-order valence-corrected chi connectivity index (χ2v) is 5.33. The minimum absolute atomic E-state index is 0.0744. The van der Waals surface area contributed by atoms with Crippen LogP contribution in [-0.4, -0.2) is 35.8 Å². The first-order valence-electron chi connectivity index (χ1n) is 6.91. The van der Waals surface area contributed by atoms with Gasteiger partial charge in [-0.2, -0.15) is 0 Å². The van der Waals surface area contributed by atoms with Gasteiger partial charge in [0.25, 0.3) is 0 Å². The van der Waals surface area contributed by atoms with Gasteiger partial charge in [-0.1, -0.05) is 32.0 Å². The van der Waals surface area contributed by atoms with E-state index in [2.05, 4.69) is 24.1 Å². The third-order valence-electron chi connectivity index (χ3n) is 3.43. The van der Waals surface area contributed by atoms with Gasteiger partial charge in [-0.3, -0.25) is 0 Å². The summed E-state index contributed by atoms with van der Waals surface area (Å²) in [6.45, 7) is 4.69. The van der Waals surface area contributed by atoms with E-state index in [1.165, 1.54) is 0 Å². The molecule has 0 saturated carbocycles. The zero-order valence-corrected chi connectivity index (χ0v) is 12.5. The molecule has 0 aliphatic rings. The number of rotatable bonds is 6. The molecule has 1 heterocycles. The molecule has 0 aliphatic carbocycles. The number of hydrogen-bond donors (Lipinski definition) is 2. The minimum Gasteiger partial charge on any atom is -0.478 e. The maximum absolute atomic E-state index is 11.4. The van der Waals surface area contributed by atoms with Crippen molar-refractivity contribution in [1.29, 1.82) is 0 Å². The predicted molar refractivity (Wildman–Crippen MR) is 82.8 cm³/mol. The van der Waals surface area contributed by atoms with E-state index in [0.29, 0.717) is 29.2 Å². The summed E-state index contributed by atoms with van der Waals surface area (Å²) in [6, 6.07) is 8.89. The molecule has 0 amide bonds. The lowest BCUT2D eigenvalue weighted by molar-refractivity contribution is 0.0699. The summed E-state index contributed by atoms with van der Waals surface area (Å²) >= 11 is 0. The van der Waals surface area contributed by atoms with Gasteiger partial charge in [-0.15, -0.1) is 0 Å². The number of nitrogens with zero attached hydrogens (tertiary/aromatic N) is 1. The number of nitrogens with one attached hydrogen (secondary N) is 1. The molecule has 0 fully saturated rings. The average molecular weight is 288 g/mol. The summed E-state index contributed by atoms with van der Waals surface area (Å²) in [7, 11) is 1.65. The van der Waals surface area contributed by atoms with E-state index in [0.717, 1.165) is 0 Å². The number of para-hydroxylation sites is 1. The Bertz CT molecular complexity index is 640. The van der Waals surface area contributed by atoms with Crippen molar-refractivity contribution in [2.24, 2.45) is 5.92 Å². The molecule has 0 spiro atoms. The minimum atomic E-state index is -0.954. The smallest absolute Gasteiger partial charge is 0.336 e. The van der Waals surface area contributed by atoms with E-state index in [1.807, 2.05) is 18.2 Å². The predicted octanol–water partition coefficient (Wildman–Crippen LogP) is 3.02. The summed E-state index contributed by atoms with van der Waals surface area (Å²) in [5, 5.41) is 13.3. The quantitative estimate of drug-likeness (QED) is 0.855. The molecule has 1 atom stereocenters. The van der Waals surface area contributed by atoms with E-state index in [-0.39, 0.29) is 11.6 Å². The summed E-state index contributed by atoms with van der Waals surface area (Å²) in [5.74, 6) is -0.0576. The number of hydrogen-bond acceptors (Lipinski definition) is 4. The van der Waals surface area contributed by atoms with E-state index in [4.69, 9.17) is 4.74 Å². The van der Waals surface area contributed by atoms with Crippen molar-refractivity contribution in [1.82, 2.24) is 4.98 Å². The van der Waals surface area contributed by atoms with Gasteiger partial charge in [-0.05, 0) is 18.1 Å². The topological polar surface area (TPSA) is 71.5 Å². The molecule has 21 heavy (non-hydrogen) atoms. The molecular weight excluding hydrogens is 268 g/mol. The standard InChI is InChI=1S/C16H20N2O3/c1-10(2)14(9-21-3)18-15-8-12(16(19)20)11-6-4-5-7-13(11)17-15/h4-8,10,14H,9H2,1-3H3,(H,17,18)(H,19,20). The van der Waals surface area contributed by atoms with Crippen LogP contribution in [0.1, 0.15) is 24.2 Å². The van der Waals surface area contributed by atoms with Crippen molar-refractivity contribution in [3.8, 4) is 0 Å². The lowest BCUT2D eigenvalue weighted by Gasteiger charge is -2.22. The second-order valence-electron chi connectivity index (χ2n) is 5.33. The molecule has 0 aliphatic heterocycles. The van der Waals surface area contributed by atoms with Crippen LogP contribution in [-0.2, 0) is 4.74 Å². The first-order chi connectivity index (χ1) is 10.0. The van der Waals surface area contributed by atoms with Crippen molar-refractivity contribution in [2.45, 2.75) is 19.9 Å². The maximum atomic E-state index is 11.4. The van der Waals surface area contributed by atoms with Crippen LogP contribution in [0.25, 0.3) is 10.9 Å². The number of anilines is 1. The third-order valence-corrected chi connectivity index (χ3v) is 3.43. The Balaban J connectivity index is 2.42. The third kappa shape index (κ3) is 3.49. The molecule has 0 bridgehead atoms. The number of carboxylic acid groups (broad SMARTS) is 1. The van der Waals surface area contributed by atoms with E-state index in [9.17, 15) is 9.90 Å². The summed E-state index contributed by atoms with van der Waals surface area (Å²) in [6.07, 6.45) is 0. The molecule has 1 aromatic carbocycles. The average Bonchev–Trinajstić information content (AvgIpc) is 2.45. The van der Waals surface area contributed by atoms with Crippen LogP contribution >= 0.6 is 0 Å². The van der Waals surface area contributed by atoms with E-state index < -0.39 is 5.97 Å². The Hall–Kier alpha value is -2.14. The Morgan fingerprint density at radius 2 is 2.10 bits per heavy atom. The van der Waals surface area contributed by atoms with Crippen LogP contribution in [0.4, 0.5) is 5.82 Å². The molecule has 5 nitrogen and oxygen atoms in total. The normalized spacial score (nSPS) is 12.6. The number of ether oxygens (including phenoxy) is 1. The van der Waals surface area contributed by atoms with Gasteiger partial charge in [0.2, 0.25) is 0 Å². The van der Waals surface area contributed by atoms with Crippen molar-refractivity contribution in [3.05, 3.63) is 35.9 Å². The summed E-state index contributed by atoms with van der Waals surface area (Å²) in [4.78, 5) is 15.9. The van der Waals surface area contributed by atoms with E-state index >= 15 is 0 Å². The molecule has 1 unspecified atom stereocenters. The van der Waals surface area contributed by atoms with Crippen molar-refractivity contribution >= 4 is 22.7 Å². The van der Waals surface area contributed by atoms with Crippen molar-refractivity contribution in [2.75, 3.05) is 19.0 Å². The molecule has 0 saturated heterocycles. The van der Waals surface area contributed by atoms with Crippen molar-refractivity contribution in [3.63, 3.8) is 0 Å². The number of benzene rings is 1. The number of aromatic nitrogens is 1. The van der Waals surface area contributed by atoms with Crippen LogP contribution in [0.15, 0.2) is 30.3 Å². The highest BCUT2D eigenvalue weighted by atomic mass is 16.5. The molecule has 5 heteroatoms. The van der Waals surface area contributed by atoms with Gasteiger partial charge in [-0.25, -0.2) is 9.78 Å².